The lowest BCUT2D eigenvalue weighted by molar-refractivity contribution is 0.0965. The summed E-state index contributed by atoms with van der Waals surface area (Å²) in [7, 11) is 3.45. The molecule has 2 aromatic heterocycles. The topological polar surface area (TPSA) is 97.9 Å². The van der Waals surface area contributed by atoms with Crippen LogP contribution in [-0.2, 0) is 13.6 Å². The zero-order valence-corrected chi connectivity index (χ0v) is 11.8. The maximum atomic E-state index is 11.7. The quantitative estimate of drug-likeness (QED) is 0.767. The molecule has 0 saturated heterocycles. The number of nitrogens with two attached hydrogens (primary N) is 1. The Kier molecular flexibility index (Phi) is 3.70. The second-order valence-electron chi connectivity index (χ2n) is 4.08. The average Bonchev–Trinajstić information content (AvgIpc) is 2.92. The molecule has 19 heavy (non-hydrogen) atoms. The van der Waals surface area contributed by atoms with E-state index in [4.69, 9.17) is 5.73 Å². The first-order chi connectivity index (χ1) is 9.04. The third-order valence-electron chi connectivity index (χ3n) is 2.95. The predicted octanol–water partition coefficient (Wildman–Crippen LogP) is 0.739. The van der Waals surface area contributed by atoms with Crippen LogP contribution in [-0.4, -0.2) is 27.1 Å². The van der Waals surface area contributed by atoms with Crippen LogP contribution in [0, 0.1) is 6.92 Å². The standard InChI is InChI=1S/C11H16N6OS/c1-6-7(5-15-17(6)3)4-14-11-8(10(18)13-2)9(12)16-19-11/h5,14H,4H2,1-3H3,(H2,12,16)(H,13,18). The van der Waals surface area contributed by atoms with E-state index >= 15 is 0 Å². The van der Waals surface area contributed by atoms with E-state index in [0.717, 1.165) is 11.3 Å². The number of nitrogens with one attached hydrogen (secondary N) is 2. The highest BCUT2D eigenvalue weighted by atomic mass is 32.1. The van der Waals surface area contributed by atoms with Crippen LogP contribution in [0.4, 0.5) is 10.8 Å². The van der Waals surface area contributed by atoms with Crippen LogP contribution < -0.4 is 16.4 Å². The minimum absolute atomic E-state index is 0.239. The molecule has 0 aromatic carbocycles. The second-order valence-corrected chi connectivity index (χ2v) is 4.86. The van der Waals surface area contributed by atoms with Crippen molar-refractivity contribution in [2.24, 2.45) is 7.05 Å². The lowest BCUT2D eigenvalue weighted by Crippen LogP contribution is -2.20. The SMILES string of the molecule is CNC(=O)c1c(N)nsc1NCc1cnn(C)c1C. The monoisotopic (exact) mass is 280 g/mol. The van der Waals surface area contributed by atoms with E-state index in [1.54, 1.807) is 17.9 Å². The van der Waals surface area contributed by atoms with Crippen molar-refractivity contribution in [3.05, 3.63) is 23.0 Å². The van der Waals surface area contributed by atoms with E-state index in [-0.39, 0.29) is 11.7 Å². The van der Waals surface area contributed by atoms with Crippen molar-refractivity contribution in [2.75, 3.05) is 18.1 Å². The molecule has 0 saturated carbocycles. The van der Waals surface area contributed by atoms with E-state index in [2.05, 4.69) is 20.1 Å². The fourth-order valence-corrected chi connectivity index (χ4v) is 2.37. The van der Waals surface area contributed by atoms with Gasteiger partial charge in [-0.1, -0.05) is 0 Å². The van der Waals surface area contributed by atoms with Crippen LogP contribution in [0.2, 0.25) is 0 Å². The summed E-state index contributed by atoms with van der Waals surface area (Å²) >= 11 is 1.18. The number of carbonyl (C=O) groups excluding carboxylic acids is 1. The van der Waals surface area contributed by atoms with Gasteiger partial charge in [-0.25, -0.2) is 0 Å². The van der Waals surface area contributed by atoms with Crippen molar-refractivity contribution in [2.45, 2.75) is 13.5 Å². The van der Waals surface area contributed by atoms with Gasteiger partial charge >= 0.3 is 0 Å². The maximum absolute atomic E-state index is 11.7. The van der Waals surface area contributed by atoms with E-state index < -0.39 is 0 Å². The number of amides is 1. The van der Waals surface area contributed by atoms with Gasteiger partial charge in [-0.15, -0.1) is 0 Å². The van der Waals surface area contributed by atoms with Crippen molar-refractivity contribution in [1.82, 2.24) is 19.5 Å². The fourth-order valence-electron chi connectivity index (χ4n) is 1.66. The minimum Gasteiger partial charge on any atom is -0.382 e. The fraction of sp³-hybridized carbons (Fsp3) is 0.364. The van der Waals surface area contributed by atoms with Crippen LogP contribution in [0.15, 0.2) is 6.20 Å². The highest BCUT2D eigenvalue weighted by molar-refractivity contribution is 7.11. The maximum Gasteiger partial charge on any atom is 0.257 e. The Morgan fingerprint density at radius 2 is 2.32 bits per heavy atom. The molecule has 0 unspecified atom stereocenters. The van der Waals surface area contributed by atoms with Crippen molar-refractivity contribution < 1.29 is 4.79 Å². The molecule has 0 aliphatic heterocycles. The van der Waals surface area contributed by atoms with Crippen molar-refractivity contribution in [3.63, 3.8) is 0 Å². The van der Waals surface area contributed by atoms with Gasteiger partial charge in [0.2, 0.25) is 0 Å². The first kappa shape index (κ1) is 13.3. The zero-order chi connectivity index (χ0) is 14.0. The van der Waals surface area contributed by atoms with Gasteiger partial charge in [0, 0.05) is 31.9 Å². The average molecular weight is 280 g/mol. The molecule has 102 valence electrons. The number of hydrogen-bond donors (Lipinski definition) is 3. The van der Waals surface area contributed by atoms with Crippen LogP contribution in [0.1, 0.15) is 21.6 Å². The summed E-state index contributed by atoms with van der Waals surface area (Å²) in [5.41, 5.74) is 8.24. The van der Waals surface area contributed by atoms with Crippen molar-refractivity contribution in [1.29, 1.82) is 0 Å². The Balaban J connectivity index is 2.16. The number of anilines is 2. The second kappa shape index (κ2) is 5.27. The zero-order valence-electron chi connectivity index (χ0n) is 11.0. The Morgan fingerprint density at radius 3 is 2.89 bits per heavy atom. The molecule has 0 aliphatic rings. The number of aromatic nitrogens is 3. The van der Waals surface area contributed by atoms with E-state index in [1.807, 2.05) is 14.0 Å². The largest absolute Gasteiger partial charge is 0.382 e. The molecule has 0 fully saturated rings. The summed E-state index contributed by atoms with van der Waals surface area (Å²) in [6.45, 7) is 2.57. The summed E-state index contributed by atoms with van der Waals surface area (Å²) in [5.74, 6) is 0.00594. The van der Waals surface area contributed by atoms with Crippen LogP contribution in [0.25, 0.3) is 0 Å². The van der Waals surface area contributed by atoms with Crippen molar-refractivity contribution >= 4 is 28.3 Å². The van der Waals surface area contributed by atoms with Gasteiger partial charge in [-0.05, 0) is 18.5 Å². The highest BCUT2D eigenvalue weighted by Crippen LogP contribution is 2.27. The molecule has 2 aromatic rings. The molecule has 0 bridgehead atoms. The van der Waals surface area contributed by atoms with Crippen LogP contribution in [0.5, 0.6) is 0 Å². The third kappa shape index (κ3) is 2.53. The molecule has 8 heteroatoms. The Morgan fingerprint density at radius 1 is 1.58 bits per heavy atom. The predicted molar refractivity (Wildman–Crippen MR) is 75.2 cm³/mol. The molecule has 4 N–H and O–H groups in total. The van der Waals surface area contributed by atoms with Gasteiger partial charge in [-0.2, -0.15) is 9.47 Å². The summed E-state index contributed by atoms with van der Waals surface area (Å²) in [4.78, 5) is 11.7. The third-order valence-corrected chi connectivity index (χ3v) is 3.77. The number of nitrogens with zero attached hydrogens (tertiary/aromatic N) is 3. The molecule has 0 atom stereocenters. The lowest BCUT2D eigenvalue weighted by atomic mass is 10.2. The van der Waals surface area contributed by atoms with Gasteiger partial charge in [0.15, 0.2) is 5.82 Å². The molecule has 2 heterocycles. The van der Waals surface area contributed by atoms with Crippen molar-refractivity contribution in [3.8, 4) is 0 Å². The summed E-state index contributed by atoms with van der Waals surface area (Å²) in [6, 6.07) is 0. The summed E-state index contributed by atoms with van der Waals surface area (Å²) in [6.07, 6.45) is 1.80. The molecule has 0 spiro atoms. The first-order valence-corrected chi connectivity index (χ1v) is 6.50. The van der Waals surface area contributed by atoms with Gasteiger partial charge < -0.3 is 16.4 Å². The summed E-state index contributed by atoms with van der Waals surface area (Å²) in [5, 5.41) is 10.6. The van der Waals surface area contributed by atoms with Gasteiger partial charge in [0.1, 0.15) is 10.6 Å². The molecular weight excluding hydrogens is 264 g/mol. The number of aryl methyl sites for hydroxylation is 1. The first-order valence-electron chi connectivity index (χ1n) is 5.73. The summed E-state index contributed by atoms with van der Waals surface area (Å²) < 4.78 is 5.80. The Bertz CT molecular complexity index is 602. The van der Waals surface area contributed by atoms with E-state index in [0.29, 0.717) is 17.1 Å². The number of nitrogen functional groups attached to an aromatic ring is 1. The highest BCUT2D eigenvalue weighted by Gasteiger charge is 2.18. The molecule has 0 aliphatic carbocycles. The van der Waals surface area contributed by atoms with E-state index in [9.17, 15) is 4.79 Å². The van der Waals surface area contributed by atoms with Crippen LogP contribution in [0.3, 0.4) is 0 Å². The lowest BCUT2D eigenvalue weighted by Gasteiger charge is -2.06. The number of carbonyl (C=O) groups is 1. The number of rotatable bonds is 4. The van der Waals surface area contributed by atoms with Gasteiger partial charge in [0.25, 0.3) is 5.91 Å². The van der Waals surface area contributed by atoms with Crippen LogP contribution >= 0.6 is 11.5 Å². The molecular formula is C11H16N6OS. The normalized spacial score (nSPS) is 10.5. The van der Waals surface area contributed by atoms with Gasteiger partial charge in [-0.3, -0.25) is 9.48 Å². The molecule has 7 nitrogen and oxygen atoms in total. The number of hydrogen-bond acceptors (Lipinski definition) is 6. The Labute approximate surface area is 115 Å². The van der Waals surface area contributed by atoms with Gasteiger partial charge in [0.05, 0.1) is 6.20 Å². The molecule has 0 radical (unpaired) electrons. The minimum atomic E-state index is -0.239. The van der Waals surface area contributed by atoms with E-state index in [1.165, 1.54) is 11.5 Å². The molecule has 1 amide bonds. The Hall–Kier alpha value is -2.09. The molecule has 2 rings (SSSR count). The smallest absolute Gasteiger partial charge is 0.257 e.